The minimum Gasteiger partial charge on any atom is -0.341 e. The number of nitrogens with one attached hydrogen (secondary N) is 1. The third kappa shape index (κ3) is 4.30. The fourth-order valence-corrected chi connectivity index (χ4v) is 2.95. The maximum Gasteiger partial charge on any atom is 0.417 e. The molecular weight excluding hydrogens is 345 g/mol. The van der Waals surface area contributed by atoms with Crippen molar-refractivity contribution in [2.75, 3.05) is 23.3 Å². The zero-order valence-electron chi connectivity index (χ0n) is 14.1. The summed E-state index contributed by atoms with van der Waals surface area (Å²) in [4.78, 5) is 22.8. The van der Waals surface area contributed by atoms with Crippen LogP contribution in [0.15, 0.2) is 36.7 Å². The highest BCUT2D eigenvalue weighted by molar-refractivity contribution is 6.05. The predicted molar refractivity (Wildman–Crippen MR) is 92.1 cm³/mol. The van der Waals surface area contributed by atoms with Crippen molar-refractivity contribution in [3.8, 4) is 0 Å². The summed E-state index contributed by atoms with van der Waals surface area (Å²) < 4.78 is 39.1. The van der Waals surface area contributed by atoms with Gasteiger partial charge in [-0.1, -0.05) is 25.0 Å². The van der Waals surface area contributed by atoms with E-state index in [1.54, 1.807) is 0 Å². The molecule has 0 spiro atoms. The number of hydrogen-bond donors (Lipinski definition) is 1. The van der Waals surface area contributed by atoms with Crippen molar-refractivity contribution in [3.05, 3.63) is 47.8 Å². The molecular formula is C18H19F3N4O. The van der Waals surface area contributed by atoms with Gasteiger partial charge in [-0.25, -0.2) is 9.97 Å². The monoisotopic (exact) mass is 364 g/mol. The van der Waals surface area contributed by atoms with E-state index in [0.717, 1.165) is 38.1 Å². The molecule has 1 aliphatic rings. The summed E-state index contributed by atoms with van der Waals surface area (Å²) in [6.07, 6.45) is 2.77. The Kier molecular flexibility index (Phi) is 5.39. The minimum atomic E-state index is -4.60. The number of carbonyl (C=O) groups is 1. The SMILES string of the molecule is O=C(Nc1cnc(N2CCCCCC2)nc1)c1ccccc1C(F)(F)F. The van der Waals surface area contributed by atoms with Crippen LogP contribution in [0.4, 0.5) is 24.8 Å². The second-order valence-corrected chi connectivity index (χ2v) is 6.17. The topological polar surface area (TPSA) is 58.1 Å². The van der Waals surface area contributed by atoms with Crippen LogP contribution < -0.4 is 10.2 Å². The lowest BCUT2D eigenvalue weighted by atomic mass is 10.1. The second kappa shape index (κ2) is 7.72. The second-order valence-electron chi connectivity index (χ2n) is 6.17. The summed E-state index contributed by atoms with van der Waals surface area (Å²) >= 11 is 0. The molecule has 1 saturated heterocycles. The average Bonchev–Trinajstić information content (AvgIpc) is 2.91. The lowest BCUT2D eigenvalue weighted by molar-refractivity contribution is -0.137. The minimum absolute atomic E-state index is 0.255. The van der Waals surface area contributed by atoms with Crippen LogP contribution in [-0.4, -0.2) is 29.0 Å². The normalized spacial score (nSPS) is 15.4. The Morgan fingerprint density at radius 3 is 2.23 bits per heavy atom. The van der Waals surface area contributed by atoms with Gasteiger partial charge in [-0.05, 0) is 25.0 Å². The first-order valence-electron chi connectivity index (χ1n) is 8.50. The van der Waals surface area contributed by atoms with Gasteiger partial charge in [0.1, 0.15) is 0 Å². The maximum absolute atomic E-state index is 13.0. The number of carbonyl (C=O) groups excluding carboxylic acids is 1. The first-order chi connectivity index (χ1) is 12.4. The summed E-state index contributed by atoms with van der Waals surface area (Å²) in [6, 6.07) is 4.67. The van der Waals surface area contributed by atoms with Crippen LogP contribution in [0.1, 0.15) is 41.6 Å². The molecule has 138 valence electrons. The highest BCUT2D eigenvalue weighted by Crippen LogP contribution is 2.32. The number of halogens is 3. The number of anilines is 2. The number of benzene rings is 1. The van der Waals surface area contributed by atoms with Crippen LogP contribution in [0.25, 0.3) is 0 Å². The zero-order valence-corrected chi connectivity index (χ0v) is 14.1. The van der Waals surface area contributed by atoms with E-state index in [0.29, 0.717) is 5.95 Å². The van der Waals surface area contributed by atoms with Crippen molar-refractivity contribution in [3.63, 3.8) is 0 Å². The van der Waals surface area contributed by atoms with Crippen LogP contribution in [0.5, 0.6) is 0 Å². The highest BCUT2D eigenvalue weighted by atomic mass is 19.4. The van der Waals surface area contributed by atoms with Gasteiger partial charge in [0.2, 0.25) is 5.95 Å². The van der Waals surface area contributed by atoms with Crippen molar-refractivity contribution in [2.45, 2.75) is 31.9 Å². The molecule has 0 saturated carbocycles. The van der Waals surface area contributed by atoms with Crippen molar-refractivity contribution in [1.82, 2.24) is 9.97 Å². The van der Waals surface area contributed by atoms with Gasteiger partial charge in [0, 0.05) is 13.1 Å². The summed E-state index contributed by atoms with van der Waals surface area (Å²) in [7, 11) is 0. The molecule has 3 rings (SSSR count). The summed E-state index contributed by atoms with van der Waals surface area (Å²) in [5, 5.41) is 2.43. The number of aromatic nitrogens is 2. The van der Waals surface area contributed by atoms with E-state index in [9.17, 15) is 18.0 Å². The average molecular weight is 364 g/mol. The van der Waals surface area contributed by atoms with E-state index >= 15 is 0 Å². The van der Waals surface area contributed by atoms with E-state index < -0.39 is 23.2 Å². The van der Waals surface area contributed by atoms with Gasteiger partial charge in [-0.15, -0.1) is 0 Å². The molecule has 2 aromatic rings. The molecule has 1 aromatic heterocycles. The number of hydrogen-bond acceptors (Lipinski definition) is 4. The first kappa shape index (κ1) is 18.2. The lowest BCUT2D eigenvalue weighted by Crippen LogP contribution is -2.26. The Morgan fingerprint density at radius 1 is 1.00 bits per heavy atom. The Hall–Kier alpha value is -2.64. The molecule has 1 fully saturated rings. The smallest absolute Gasteiger partial charge is 0.341 e. The van der Waals surface area contributed by atoms with Crippen LogP contribution in [-0.2, 0) is 6.18 Å². The van der Waals surface area contributed by atoms with E-state index in [2.05, 4.69) is 20.2 Å². The molecule has 0 radical (unpaired) electrons. The van der Waals surface area contributed by atoms with E-state index in [-0.39, 0.29) is 5.69 Å². The molecule has 0 atom stereocenters. The van der Waals surface area contributed by atoms with Gasteiger partial charge in [0.25, 0.3) is 5.91 Å². The van der Waals surface area contributed by atoms with Crippen molar-refractivity contribution >= 4 is 17.5 Å². The van der Waals surface area contributed by atoms with Gasteiger partial charge < -0.3 is 10.2 Å². The van der Waals surface area contributed by atoms with E-state index in [4.69, 9.17) is 0 Å². The molecule has 1 N–H and O–H groups in total. The van der Waals surface area contributed by atoms with Crippen LogP contribution in [0, 0.1) is 0 Å². The summed E-state index contributed by atoms with van der Waals surface area (Å²) in [5.74, 6) is -0.273. The Morgan fingerprint density at radius 2 is 1.62 bits per heavy atom. The number of amides is 1. The fraction of sp³-hybridized carbons (Fsp3) is 0.389. The molecule has 2 heterocycles. The van der Waals surface area contributed by atoms with Gasteiger partial charge in [-0.2, -0.15) is 13.2 Å². The molecule has 1 amide bonds. The van der Waals surface area contributed by atoms with Gasteiger partial charge in [0.05, 0.1) is 29.2 Å². The van der Waals surface area contributed by atoms with Crippen molar-refractivity contribution < 1.29 is 18.0 Å². The van der Waals surface area contributed by atoms with Gasteiger partial charge in [-0.3, -0.25) is 4.79 Å². The molecule has 8 heteroatoms. The van der Waals surface area contributed by atoms with Crippen LogP contribution in [0.2, 0.25) is 0 Å². The third-order valence-electron chi connectivity index (χ3n) is 4.26. The van der Waals surface area contributed by atoms with Gasteiger partial charge in [0.15, 0.2) is 0 Å². The van der Waals surface area contributed by atoms with E-state index in [1.165, 1.54) is 37.4 Å². The molecule has 0 aliphatic carbocycles. The molecule has 26 heavy (non-hydrogen) atoms. The molecule has 0 bridgehead atoms. The largest absolute Gasteiger partial charge is 0.417 e. The predicted octanol–water partition coefficient (Wildman–Crippen LogP) is 4.13. The Labute approximate surface area is 149 Å². The first-order valence-corrected chi connectivity index (χ1v) is 8.50. The Balaban J connectivity index is 1.72. The Bertz CT molecular complexity index is 754. The third-order valence-corrected chi connectivity index (χ3v) is 4.26. The number of nitrogens with zero attached hydrogens (tertiary/aromatic N) is 3. The fourth-order valence-electron chi connectivity index (χ4n) is 2.95. The van der Waals surface area contributed by atoms with Gasteiger partial charge >= 0.3 is 6.18 Å². The van der Waals surface area contributed by atoms with Crippen LogP contribution in [0.3, 0.4) is 0 Å². The lowest BCUT2D eigenvalue weighted by Gasteiger charge is -2.20. The summed E-state index contributed by atoms with van der Waals surface area (Å²) in [5.41, 5.74) is -1.15. The van der Waals surface area contributed by atoms with E-state index in [1.807, 2.05) is 0 Å². The number of rotatable bonds is 3. The molecule has 5 nitrogen and oxygen atoms in total. The van der Waals surface area contributed by atoms with Crippen molar-refractivity contribution in [2.24, 2.45) is 0 Å². The molecule has 0 unspecified atom stereocenters. The molecule has 1 aliphatic heterocycles. The quantitative estimate of drug-likeness (QED) is 0.890. The van der Waals surface area contributed by atoms with Crippen molar-refractivity contribution in [1.29, 1.82) is 0 Å². The maximum atomic E-state index is 13.0. The standard InChI is InChI=1S/C18H19F3N4O/c19-18(20,21)15-8-4-3-7-14(15)16(26)24-13-11-22-17(23-12-13)25-9-5-1-2-6-10-25/h3-4,7-8,11-12H,1-2,5-6,9-10H2,(H,24,26). The molecule has 1 aromatic carbocycles. The number of alkyl halides is 3. The van der Waals surface area contributed by atoms with Crippen LogP contribution >= 0.6 is 0 Å². The zero-order chi connectivity index (χ0) is 18.6. The summed E-state index contributed by atoms with van der Waals surface area (Å²) in [6.45, 7) is 1.76. The highest BCUT2D eigenvalue weighted by Gasteiger charge is 2.34.